The monoisotopic (exact) mass is 324 g/mol. The van der Waals surface area contributed by atoms with Gasteiger partial charge in [-0.1, -0.05) is 37.3 Å². The number of hydrogen-bond donors (Lipinski definition) is 1. The fraction of sp³-hybridized carbons (Fsp3) is 0.294. The number of nitrogens with one attached hydrogen (secondary N) is 1. The van der Waals surface area contributed by atoms with Crippen LogP contribution >= 0.6 is 0 Å². The highest BCUT2D eigenvalue weighted by molar-refractivity contribution is 5.78. The van der Waals surface area contributed by atoms with Crippen LogP contribution in [0.5, 0.6) is 0 Å². The largest absolute Gasteiger partial charge is 0.352 e. The van der Waals surface area contributed by atoms with Gasteiger partial charge in [-0.05, 0) is 5.56 Å². The van der Waals surface area contributed by atoms with Gasteiger partial charge in [-0.15, -0.1) is 0 Å². The Hall–Kier alpha value is -2.96. The summed E-state index contributed by atoms with van der Waals surface area (Å²) in [5.74, 6) is -0.188. The van der Waals surface area contributed by atoms with Crippen LogP contribution in [0.25, 0.3) is 0 Å². The molecular formula is C17H20N6O. The Morgan fingerprint density at radius 1 is 1.17 bits per heavy atom. The van der Waals surface area contributed by atoms with E-state index in [0.717, 1.165) is 12.1 Å². The first-order valence-corrected chi connectivity index (χ1v) is 7.86. The molecular weight excluding hydrogens is 304 g/mol. The number of hydrogen-bond acceptors (Lipinski definition) is 4. The van der Waals surface area contributed by atoms with E-state index in [2.05, 4.69) is 32.6 Å². The van der Waals surface area contributed by atoms with Gasteiger partial charge >= 0.3 is 0 Å². The molecule has 24 heavy (non-hydrogen) atoms. The lowest BCUT2D eigenvalue weighted by Crippen LogP contribution is -2.31. The molecule has 1 N–H and O–H groups in total. The highest BCUT2D eigenvalue weighted by atomic mass is 16.1. The van der Waals surface area contributed by atoms with Crippen LogP contribution in [0, 0.1) is 5.92 Å². The summed E-state index contributed by atoms with van der Waals surface area (Å²) in [6.45, 7) is 3.57. The summed E-state index contributed by atoms with van der Waals surface area (Å²) in [5.41, 5.74) is 2.17. The summed E-state index contributed by atoms with van der Waals surface area (Å²) >= 11 is 0. The molecule has 1 amide bonds. The first-order valence-electron chi connectivity index (χ1n) is 7.86. The van der Waals surface area contributed by atoms with Crippen LogP contribution in [-0.4, -0.2) is 30.5 Å². The molecule has 0 radical (unpaired) electrons. The van der Waals surface area contributed by atoms with Crippen molar-refractivity contribution >= 4 is 5.91 Å². The van der Waals surface area contributed by atoms with Crippen LogP contribution in [0.2, 0.25) is 0 Å². The van der Waals surface area contributed by atoms with Gasteiger partial charge in [0, 0.05) is 18.3 Å². The van der Waals surface area contributed by atoms with Crippen molar-refractivity contribution in [2.75, 3.05) is 0 Å². The Morgan fingerprint density at radius 2 is 2.00 bits per heavy atom. The molecule has 1 atom stereocenters. The maximum atomic E-state index is 12.1. The predicted molar refractivity (Wildman–Crippen MR) is 88.8 cm³/mol. The molecule has 0 saturated carbocycles. The summed E-state index contributed by atoms with van der Waals surface area (Å²) in [6.07, 6.45) is 6.81. The van der Waals surface area contributed by atoms with E-state index in [4.69, 9.17) is 0 Å². The minimum Gasteiger partial charge on any atom is -0.352 e. The smallest absolute Gasteiger partial charge is 0.224 e. The van der Waals surface area contributed by atoms with Gasteiger partial charge in [0.15, 0.2) is 0 Å². The quantitative estimate of drug-likeness (QED) is 0.714. The first-order chi connectivity index (χ1) is 11.7. The van der Waals surface area contributed by atoms with Crippen LogP contribution in [0.15, 0.2) is 55.4 Å². The fourth-order valence-electron chi connectivity index (χ4n) is 2.41. The van der Waals surface area contributed by atoms with E-state index in [9.17, 15) is 4.79 Å². The molecule has 1 aromatic carbocycles. The molecule has 0 bridgehead atoms. The van der Waals surface area contributed by atoms with Crippen molar-refractivity contribution in [1.29, 1.82) is 0 Å². The molecule has 0 aliphatic heterocycles. The van der Waals surface area contributed by atoms with Gasteiger partial charge in [-0.2, -0.15) is 10.2 Å². The molecule has 0 aliphatic rings. The van der Waals surface area contributed by atoms with Crippen molar-refractivity contribution in [3.8, 4) is 0 Å². The second kappa shape index (κ2) is 7.54. The van der Waals surface area contributed by atoms with Crippen LogP contribution in [0.1, 0.15) is 18.1 Å². The Morgan fingerprint density at radius 3 is 2.75 bits per heavy atom. The van der Waals surface area contributed by atoms with Crippen LogP contribution < -0.4 is 5.32 Å². The lowest BCUT2D eigenvalue weighted by molar-refractivity contribution is -0.125. The molecule has 0 fully saturated rings. The van der Waals surface area contributed by atoms with E-state index in [1.54, 1.807) is 17.2 Å². The van der Waals surface area contributed by atoms with Gasteiger partial charge in [-0.3, -0.25) is 14.2 Å². The van der Waals surface area contributed by atoms with Gasteiger partial charge in [0.05, 0.1) is 25.2 Å². The summed E-state index contributed by atoms with van der Waals surface area (Å²) in [7, 11) is 0. The SMILES string of the molecule is C[C@H](Cn1cncn1)C(=O)NCc1cnn(Cc2ccccc2)c1. The third-order valence-corrected chi connectivity index (χ3v) is 3.72. The fourth-order valence-corrected chi connectivity index (χ4v) is 2.41. The third-order valence-electron chi connectivity index (χ3n) is 3.72. The summed E-state index contributed by atoms with van der Waals surface area (Å²) < 4.78 is 3.53. The number of aromatic nitrogens is 5. The van der Waals surface area contributed by atoms with Gasteiger partial charge in [-0.25, -0.2) is 4.98 Å². The second-order valence-corrected chi connectivity index (χ2v) is 5.77. The summed E-state index contributed by atoms with van der Waals surface area (Å²) in [4.78, 5) is 16.0. The number of carbonyl (C=O) groups is 1. The number of carbonyl (C=O) groups excluding carboxylic acids is 1. The zero-order valence-corrected chi connectivity index (χ0v) is 13.5. The van der Waals surface area contributed by atoms with Crippen LogP contribution in [-0.2, 0) is 24.4 Å². The Balaban J connectivity index is 1.49. The zero-order valence-electron chi connectivity index (χ0n) is 13.5. The first kappa shape index (κ1) is 15.9. The van der Waals surface area contributed by atoms with E-state index in [1.807, 2.05) is 36.0 Å². The minimum absolute atomic E-state index is 0.0127. The lowest BCUT2D eigenvalue weighted by Gasteiger charge is -2.11. The second-order valence-electron chi connectivity index (χ2n) is 5.77. The molecule has 0 aliphatic carbocycles. The summed E-state index contributed by atoms with van der Waals surface area (Å²) in [5, 5.41) is 11.3. The average molecular weight is 324 g/mol. The molecule has 0 saturated heterocycles. The van der Waals surface area contributed by atoms with E-state index >= 15 is 0 Å². The minimum atomic E-state index is -0.175. The molecule has 3 rings (SSSR count). The Labute approximate surface area is 140 Å². The van der Waals surface area contributed by atoms with Crippen molar-refractivity contribution < 1.29 is 4.79 Å². The number of benzene rings is 1. The maximum absolute atomic E-state index is 12.1. The normalized spacial score (nSPS) is 12.0. The van der Waals surface area contributed by atoms with Crippen molar-refractivity contribution in [2.24, 2.45) is 5.92 Å². The van der Waals surface area contributed by atoms with Crippen molar-refractivity contribution in [2.45, 2.75) is 26.6 Å². The number of amides is 1. The topological polar surface area (TPSA) is 77.6 Å². The number of nitrogens with zero attached hydrogens (tertiary/aromatic N) is 5. The molecule has 0 spiro atoms. The van der Waals surface area contributed by atoms with E-state index in [0.29, 0.717) is 13.1 Å². The predicted octanol–water partition coefficient (Wildman–Crippen LogP) is 1.48. The Bertz CT molecular complexity index is 766. The average Bonchev–Trinajstić information content (AvgIpc) is 3.25. The van der Waals surface area contributed by atoms with Crippen LogP contribution in [0.3, 0.4) is 0 Å². The molecule has 7 nitrogen and oxygen atoms in total. The van der Waals surface area contributed by atoms with Gasteiger partial charge in [0.25, 0.3) is 0 Å². The van der Waals surface area contributed by atoms with E-state index < -0.39 is 0 Å². The Kier molecular flexibility index (Phi) is 5.00. The standard InChI is InChI=1S/C17H20N6O/c1-14(9-23-13-18-12-21-23)17(24)19-7-16-8-20-22(11-16)10-15-5-3-2-4-6-15/h2-6,8,11-14H,7,9-10H2,1H3,(H,19,24)/t14-/m1/s1. The highest BCUT2D eigenvalue weighted by Gasteiger charge is 2.13. The van der Waals surface area contributed by atoms with Crippen molar-refractivity contribution in [3.05, 3.63) is 66.5 Å². The van der Waals surface area contributed by atoms with Crippen LogP contribution in [0.4, 0.5) is 0 Å². The van der Waals surface area contributed by atoms with Gasteiger partial charge < -0.3 is 5.32 Å². The highest BCUT2D eigenvalue weighted by Crippen LogP contribution is 2.05. The zero-order chi connectivity index (χ0) is 16.8. The molecule has 3 aromatic rings. The summed E-state index contributed by atoms with van der Waals surface area (Å²) in [6, 6.07) is 10.1. The molecule has 2 heterocycles. The maximum Gasteiger partial charge on any atom is 0.224 e. The lowest BCUT2D eigenvalue weighted by atomic mass is 10.1. The third kappa shape index (κ3) is 4.28. The molecule has 0 unspecified atom stereocenters. The molecule has 7 heteroatoms. The van der Waals surface area contributed by atoms with E-state index in [-0.39, 0.29) is 11.8 Å². The van der Waals surface area contributed by atoms with E-state index in [1.165, 1.54) is 11.9 Å². The van der Waals surface area contributed by atoms with Crippen molar-refractivity contribution in [3.63, 3.8) is 0 Å². The van der Waals surface area contributed by atoms with Gasteiger partial charge in [0.2, 0.25) is 5.91 Å². The molecule has 2 aromatic heterocycles. The van der Waals surface area contributed by atoms with Crippen molar-refractivity contribution in [1.82, 2.24) is 29.9 Å². The molecule has 124 valence electrons. The number of rotatable bonds is 7. The van der Waals surface area contributed by atoms with Gasteiger partial charge in [0.1, 0.15) is 12.7 Å².